The third-order valence-corrected chi connectivity index (χ3v) is 2.09. The molecule has 1 unspecified atom stereocenters. The molecule has 0 radical (unpaired) electrons. The molecule has 1 aliphatic rings. The molecule has 74 valence electrons. The van der Waals surface area contributed by atoms with Crippen molar-refractivity contribution in [1.82, 2.24) is 9.97 Å². The third-order valence-electron chi connectivity index (χ3n) is 2.09. The van der Waals surface area contributed by atoms with Crippen LogP contribution in [0.2, 0.25) is 0 Å². The fourth-order valence-corrected chi connectivity index (χ4v) is 1.36. The first-order chi connectivity index (χ1) is 6.75. The summed E-state index contributed by atoms with van der Waals surface area (Å²) < 4.78 is 5.39. The van der Waals surface area contributed by atoms with E-state index in [9.17, 15) is 4.79 Å². The van der Waals surface area contributed by atoms with Gasteiger partial charge in [0.15, 0.2) is 5.82 Å². The van der Waals surface area contributed by atoms with E-state index in [-0.39, 0.29) is 11.9 Å². The molecule has 1 fully saturated rings. The van der Waals surface area contributed by atoms with E-state index in [0.717, 1.165) is 0 Å². The van der Waals surface area contributed by atoms with Crippen LogP contribution in [0, 0.1) is 0 Å². The van der Waals surface area contributed by atoms with Crippen LogP contribution in [0.5, 0.6) is 0 Å². The predicted octanol–water partition coefficient (Wildman–Crippen LogP) is 0.479. The molecule has 1 aromatic heterocycles. The van der Waals surface area contributed by atoms with E-state index in [0.29, 0.717) is 31.0 Å². The summed E-state index contributed by atoms with van der Waals surface area (Å²) in [4.78, 5) is 19.2. The molecule has 5 nitrogen and oxygen atoms in total. The molecule has 5 heteroatoms. The van der Waals surface area contributed by atoms with Crippen LogP contribution in [0.4, 0.5) is 5.69 Å². The maximum atomic E-state index is 11.2. The third kappa shape index (κ3) is 1.88. The zero-order valence-electron chi connectivity index (χ0n) is 7.64. The van der Waals surface area contributed by atoms with Crippen molar-refractivity contribution in [3.8, 4) is 0 Å². The molecule has 2 heterocycles. The van der Waals surface area contributed by atoms with E-state index in [4.69, 9.17) is 10.5 Å². The van der Waals surface area contributed by atoms with Gasteiger partial charge in [0, 0.05) is 12.8 Å². The highest BCUT2D eigenvalue weighted by Gasteiger charge is 2.23. The van der Waals surface area contributed by atoms with Gasteiger partial charge >= 0.3 is 0 Å². The summed E-state index contributed by atoms with van der Waals surface area (Å²) in [5.41, 5.74) is 5.96. The van der Waals surface area contributed by atoms with E-state index in [2.05, 4.69) is 9.97 Å². The second-order valence-corrected chi connectivity index (χ2v) is 3.23. The van der Waals surface area contributed by atoms with E-state index in [1.54, 1.807) is 0 Å². The second kappa shape index (κ2) is 3.71. The van der Waals surface area contributed by atoms with Crippen molar-refractivity contribution in [2.75, 3.05) is 12.3 Å². The smallest absolute Gasteiger partial charge is 0.157 e. The van der Waals surface area contributed by atoms with Crippen LogP contribution in [-0.4, -0.2) is 22.4 Å². The maximum absolute atomic E-state index is 11.2. The Morgan fingerprint density at radius 3 is 2.79 bits per heavy atom. The number of hydrogen-bond donors (Lipinski definition) is 1. The number of nitrogens with zero attached hydrogens (tertiary/aromatic N) is 2. The number of ether oxygens (including phenoxy) is 1. The summed E-state index contributed by atoms with van der Waals surface area (Å²) in [6.45, 7) is 0.456. The molecule has 2 rings (SSSR count). The van der Waals surface area contributed by atoms with Crippen molar-refractivity contribution in [2.45, 2.75) is 18.9 Å². The number of rotatable bonds is 1. The minimum Gasteiger partial charge on any atom is -0.396 e. The molecule has 1 aliphatic heterocycles. The zero-order chi connectivity index (χ0) is 9.97. The lowest BCUT2D eigenvalue weighted by Gasteiger charge is -2.20. The number of carbonyl (C=O) groups excluding carboxylic acids is 1. The molecular weight excluding hydrogens is 182 g/mol. The average Bonchev–Trinajstić information content (AvgIpc) is 2.19. The molecule has 0 saturated carbocycles. The van der Waals surface area contributed by atoms with Crippen LogP contribution < -0.4 is 5.73 Å². The van der Waals surface area contributed by atoms with Gasteiger partial charge in [0.1, 0.15) is 11.9 Å². The molecule has 0 amide bonds. The van der Waals surface area contributed by atoms with Crippen LogP contribution in [-0.2, 0) is 9.53 Å². The topological polar surface area (TPSA) is 78.1 Å². The monoisotopic (exact) mass is 193 g/mol. The van der Waals surface area contributed by atoms with Crippen molar-refractivity contribution in [3.05, 3.63) is 18.2 Å². The quantitative estimate of drug-likeness (QED) is 0.701. The van der Waals surface area contributed by atoms with Gasteiger partial charge < -0.3 is 10.5 Å². The number of nitrogen functional groups attached to an aromatic ring is 1. The average molecular weight is 193 g/mol. The van der Waals surface area contributed by atoms with E-state index in [1.807, 2.05) is 0 Å². The Morgan fingerprint density at radius 2 is 2.14 bits per heavy atom. The van der Waals surface area contributed by atoms with Crippen LogP contribution in [0.15, 0.2) is 12.4 Å². The maximum Gasteiger partial charge on any atom is 0.157 e. The number of carbonyl (C=O) groups is 1. The van der Waals surface area contributed by atoms with Crippen molar-refractivity contribution in [2.24, 2.45) is 0 Å². The summed E-state index contributed by atoms with van der Waals surface area (Å²) in [5.74, 6) is 0.730. The summed E-state index contributed by atoms with van der Waals surface area (Å²) in [6.07, 6.45) is 3.60. The standard InChI is InChI=1S/C9H11N3O2/c10-6-4-11-9(12-5-6)8-3-7(13)1-2-14-8/h4-5,8H,1-3,10H2. The number of aromatic nitrogens is 2. The number of nitrogens with two attached hydrogens (primary N) is 1. The van der Waals surface area contributed by atoms with Gasteiger partial charge in [-0.25, -0.2) is 9.97 Å². The highest BCUT2D eigenvalue weighted by atomic mass is 16.5. The number of ketones is 1. The normalized spacial score (nSPS) is 22.3. The summed E-state index contributed by atoms with van der Waals surface area (Å²) in [7, 11) is 0. The first-order valence-corrected chi connectivity index (χ1v) is 4.46. The van der Waals surface area contributed by atoms with Gasteiger partial charge in [0.2, 0.25) is 0 Å². The number of anilines is 1. The van der Waals surface area contributed by atoms with Crippen LogP contribution in [0.25, 0.3) is 0 Å². The Morgan fingerprint density at radius 1 is 1.43 bits per heavy atom. The lowest BCUT2D eigenvalue weighted by molar-refractivity contribution is -0.129. The van der Waals surface area contributed by atoms with Gasteiger partial charge in [-0.2, -0.15) is 0 Å². The second-order valence-electron chi connectivity index (χ2n) is 3.23. The van der Waals surface area contributed by atoms with Crippen LogP contribution in [0.1, 0.15) is 24.8 Å². The van der Waals surface area contributed by atoms with E-state index >= 15 is 0 Å². The summed E-state index contributed by atoms with van der Waals surface area (Å²) in [6, 6.07) is 0. The molecular formula is C9H11N3O2. The first kappa shape index (κ1) is 9.08. The van der Waals surface area contributed by atoms with Gasteiger partial charge in [0.05, 0.1) is 24.7 Å². The van der Waals surface area contributed by atoms with Crippen LogP contribution in [0.3, 0.4) is 0 Å². The Balaban J connectivity index is 2.14. The Bertz CT molecular complexity index is 336. The fraction of sp³-hybridized carbons (Fsp3) is 0.444. The highest BCUT2D eigenvalue weighted by molar-refractivity contribution is 5.79. The first-order valence-electron chi connectivity index (χ1n) is 4.46. The lowest BCUT2D eigenvalue weighted by Crippen LogP contribution is -2.21. The van der Waals surface area contributed by atoms with Crippen molar-refractivity contribution in [1.29, 1.82) is 0 Å². The van der Waals surface area contributed by atoms with Gasteiger partial charge in [-0.1, -0.05) is 0 Å². The number of Topliss-reactive ketones (excluding diaryl/α,β-unsaturated/α-hetero) is 1. The molecule has 1 atom stereocenters. The van der Waals surface area contributed by atoms with Gasteiger partial charge in [-0.15, -0.1) is 0 Å². The largest absolute Gasteiger partial charge is 0.396 e. The van der Waals surface area contributed by atoms with Crippen molar-refractivity contribution < 1.29 is 9.53 Å². The predicted molar refractivity (Wildman–Crippen MR) is 49.4 cm³/mol. The van der Waals surface area contributed by atoms with Crippen molar-refractivity contribution in [3.63, 3.8) is 0 Å². The zero-order valence-corrected chi connectivity index (χ0v) is 7.64. The molecule has 0 aromatic carbocycles. The Labute approximate surface area is 81.3 Å². The minimum atomic E-state index is -0.295. The SMILES string of the molecule is Nc1cnc(C2CC(=O)CCO2)nc1. The van der Waals surface area contributed by atoms with E-state index < -0.39 is 0 Å². The highest BCUT2D eigenvalue weighted by Crippen LogP contribution is 2.22. The van der Waals surface area contributed by atoms with Crippen LogP contribution >= 0.6 is 0 Å². The molecule has 14 heavy (non-hydrogen) atoms. The molecule has 1 aromatic rings. The van der Waals surface area contributed by atoms with Crippen molar-refractivity contribution >= 4 is 11.5 Å². The molecule has 0 aliphatic carbocycles. The van der Waals surface area contributed by atoms with Gasteiger partial charge in [-0.3, -0.25) is 4.79 Å². The summed E-state index contributed by atoms with van der Waals surface area (Å²) in [5, 5.41) is 0. The number of hydrogen-bond acceptors (Lipinski definition) is 5. The Kier molecular flexibility index (Phi) is 2.41. The molecule has 0 spiro atoms. The van der Waals surface area contributed by atoms with E-state index in [1.165, 1.54) is 12.4 Å². The summed E-state index contributed by atoms with van der Waals surface area (Å²) >= 11 is 0. The molecule has 2 N–H and O–H groups in total. The molecule has 0 bridgehead atoms. The lowest BCUT2D eigenvalue weighted by atomic mass is 10.1. The fourth-order valence-electron chi connectivity index (χ4n) is 1.36. The van der Waals surface area contributed by atoms with Gasteiger partial charge in [0.25, 0.3) is 0 Å². The molecule has 1 saturated heterocycles. The Hall–Kier alpha value is -1.49. The minimum absolute atomic E-state index is 0.196. The van der Waals surface area contributed by atoms with Gasteiger partial charge in [-0.05, 0) is 0 Å².